The van der Waals surface area contributed by atoms with Crippen LogP contribution in [0.3, 0.4) is 0 Å². The second-order valence-corrected chi connectivity index (χ2v) is 7.41. The molecule has 3 heterocycles. The van der Waals surface area contributed by atoms with Crippen molar-refractivity contribution in [3.8, 4) is 0 Å². The molecule has 26 heavy (non-hydrogen) atoms. The molecule has 1 aliphatic rings. The van der Waals surface area contributed by atoms with Gasteiger partial charge in [-0.1, -0.05) is 24.6 Å². The van der Waals surface area contributed by atoms with Crippen LogP contribution in [-0.2, 0) is 6.54 Å². The molecule has 134 valence electrons. The van der Waals surface area contributed by atoms with E-state index in [4.69, 9.17) is 0 Å². The third-order valence-corrected chi connectivity index (χ3v) is 5.61. The number of thiophene rings is 1. The number of anilines is 1. The highest BCUT2D eigenvalue weighted by Crippen LogP contribution is 2.24. The first-order chi connectivity index (χ1) is 12.8. The predicted octanol–water partition coefficient (Wildman–Crippen LogP) is 4.04. The fourth-order valence-corrected chi connectivity index (χ4v) is 4.08. The molecule has 0 saturated carbocycles. The Labute approximate surface area is 157 Å². The van der Waals surface area contributed by atoms with Crippen molar-refractivity contribution < 1.29 is 4.79 Å². The lowest BCUT2D eigenvalue weighted by Gasteiger charge is -2.26. The molecule has 1 aromatic carbocycles. The predicted molar refractivity (Wildman–Crippen MR) is 106 cm³/mol. The van der Waals surface area contributed by atoms with Gasteiger partial charge in [-0.2, -0.15) is 0 Å². The number of nitrogens with zero attached hydrogens (tertiary/aromatic N) is 2. The van der Waals surface area contributed by atoms with E-state index in [1.54, 1.807) is 0 Å². The van der Waals surface area contributed by atoms with Crippen LogP contribution < -0.4 is 10.7 Å². The van der Waals surface area contributed by atoms with Crippen LogP contribution in [0.1, 0.15) is 34.5 Å². The summed E-state index contributed by atoms with van der Waals surface area (Å²) in [5.74, 6) is -0.0241. The minimum absolute atomic E-state index is 0.0241. The van der Waals surface area contributed by atoms with Crippen molar-refractivity contribution in [1.82, 2.24) is 15.4 Å². The molecule has 0 bridgehead atoms. The Morgan fingerprint density at radius 1 is 1.12 bits per heavy atom. The Balaban J connectivity index is 1.46. The summed E-state index contributed by atoms with van der Waals surface area (Å²) < 4.78 is 0. The molecular weight excluding hydrogens is 344 g/mol. The van der Waals surface area contributed by atoms with Gasteiger partial charge in [-0.05, 0) is 42.0 Å². The zero-order valence-electron chi connectivity index (χ0n) is 14.6. The third-order valence-electron chi connectivity index (χ3n) is 4.70. The highest BCUT2D eigenvalue weighted by Gasteiger charge is 2.18. The standard InChI is InChI=1S/C20H22N4OS/c25-20(23-24-11-4-1-5-12-24)19-18(9-13-26-19)22-14-15-8-10-21-17-7-3-2-6-16(15)17/h2-3,6-10,13,22H,1,4-5,11-12,14H2,(H,23,25). The van der Waals surface area contributed by atoms with Crippen LogP contribution in [0.5, 0.6) is 0 Å². The maximum absolute atomic E-state index is 12.6. The lowest BCUT2D eigenvalue weighted by molar-refractivity contribution is 0.0755. The molecule has 2 aromatic heterocycles. The largest absolute Gasteiger partial charge is 0.380 e. The summed E-state index contributed by atoms with van der Waals surface area (Å²) in [4.78, 5) is 17.8. The van der Waals surface area contributed by atoms with Crippen molar-refractivity contribution in [2.24, 2.45) is 0 Å². The highest BCUT2D eigenvalue weighted by atomic mass is 32.1. The summed E-state index contributed by atoms with van der Waals surface area (Å²) in [6, 6.07) is 12.1. The number of pyridine rings is 1. The fourth-order valence-electron chi connectivity index (χ4n) is 3.32. The van der Waals surface area contributed by atoms with Crippen molar-refractivity contribution in [2.45, 2.75) is 25.8 Å². The van der Waals surface area contributed by atoms with E-state index < -0.39 is 0 Å². The number of hydrazine groups is 1. The maximum atomic E-state index is 12.6. The summed E-state index contributed by atoms with van der Waals surface area (Å²) in [7, 11) is 0. The number of carbonyl (C=O) groups is 1. The molecule has 1 amide bonds. The number of rotatable bonds is 5. The van der Waals surface area contributed by atoms with Gasteiger partial charge in [0.2, 0.25) is 0 Å². The number of hydrogen-bond donors (Lipinski definition) is 2. The maximum Gasteiger partial charge on any atom is 0.277 e. The second-order valence-electron chi connectivity index (χ2n) is 6.49. The van der Waals surface area contributed by atoms with Crippen LogP contribution >= 0.6 is 11.3 Å². The molecule has 4 rings (SSSR count). The van der Waals surface area contributed by atoms with Gasteiger partial charge in [-0.15, -0.1) is 11.3 Å². The van der Waals surface area contributed by atoms with E-state index in [2.05, 4.69) is 21.8 Å². The van der Waals surface area contributed by atoms with E-state index in [9.17, 15) is 4.79 Å². The molecule has 1 saturated heterocycles. The smallest absolute Gasteiger partial charge is 0.277 e. The van der Waals surface area contributed by atoms with Gasteiger partial charge < -0.3 is 5.32 Å². The van der Waals surface area contributed by atoms with Gasteiger partial charge in [0.25, 0.3) is 5.91 Å². The number of piperidine rings is 1. The topological polar surface area (TPSA) is 57.3 Å². The van der Waals surface area contributed by atoms with Gasteiger partial charge in [0.1, 0.15) is 4.88 Å². The van der Waals surface area contributed by atoms with Crippen LogP contribution in [-0.4, -0.2) is 29.0 Å². The van der Waals surface area contributed by atoms with Crippen LogP contribution in [0.15, 0.2) is 48.0 Å². The summed E-state index contributed by atoms with van der Waals surface area (Å²) in [6.45, 7) is 2.52. The summed E-state index contributed by atoms with van der Waals surface area (Å²) in [5, 5.41) is 8.55. The molecule has 2 N–H and O–H groups in total. The summed E-state index contributed by atoms with van der Waals surface area (Å²) >= 11 is 1.47. The molecule has 6 heteroatoms. The average Bonchev–Trinajstić information content (AvgIpc) is 3.16. The summed E-state index contributed by atoms with van der Waals surface area (Å²) in [5.41, 5.74) is 6.08. The van der Waals surface area contributed by atoms with Crippen molar-refractivity contribution >= 4 is 33.8 Å². The van der Waals surface area contributed by atoms with Crippen LogP contribution in [0.2, 0.25) is 0 Å². The molecule has 1 aliphatic heterocycles. The minimum atomic E-state index is -0.0241. The number of amides is 1. The Bertz CT molecular complexity index is 896. The Hall–Kier alpha value is -2.44. The van der Waals surface area contributed by atoms with Gasteiger partial charge >= 0.3 is 0 Å². The zero-order chi connectivity index (χ0) is 17.8. The Morgan fingerprint density at radius 2 is 1.96 bits per heavy atom. The lowest BCUT2D eigenvalue weighted by Crippen LogP contribution is -2.44. The van der Waals surface area contributed by atoms with E-state index in [-0.39, 0.29) is 5.91 Å². The molecule has 0 aliphatic carbocycles. The molecule has 0 spiro atoms. The molecule has 3 aromatic rings. The number of nitrogens with one attached hydrogen (secondary N) is 2. The molecule has 1 fully saturated rings. The lowest BCUT2D eigenvalue weighted by atomic mass is 10.1. The van der Waals surface area contributed by atoms with Crippen molar-refractivity contribution in [3.63, 3.8) is 0 Å². The Kier molecular flexibility index (Phi) is 5.13. The van der Waals surface area contributed by atoms with Gasteiger partial charge in [0.15, 0.2) is 0 Å². The molecule has 0 atom stereocenters. The van der Waals surface area contributed by atoms with Crippen LogP contribution in [0.25, 0.3) is 10.9 Å². The van der Waals surface area contributed by atoms with Crippen molar-refractivity contribution in [3.05, 3.63) is 58.4 Å². The van der Waals surface area contributed by atoms with Gasteiger partial charge in [-0.3, -0.25) is 15.2 Å². The molecular formula is C20H22N4OS. The molecule has 0 unspecified atom stereocenters. The third kappa shape index (κ3) is 3.71. The number of para-hydroxylation sites is 1. The van der Waals surface area contributed by atoms with Gasteiger partial charge in [0, 0.05) is 31.2 Å². The first-order valence-electron chi connectivity index (χ1n) is 9.01. The number of aromatic nitrogens is 1. The van der Waals surface area contributed by atoms with Crippen molar-refractivity contribution in [1.29, 1.82) is 0 Å². The van der Waals surface area contributed by atoms with E-state index in [0.29, 0.717) is 6.54 Å². The first-order valence-corrected chi connectivity index (χ1v) is 9.89. The quantitative estimate of drug-likeness (QED) is 0.715. The van der Waals surface area contributed by atoms with E-state index in [1.165, 1.54) is 23.3 Å². The van der Waals surface area contributed by atoms with E-state index in [1.807, 2.05) is 46.9 Å². The number of hydrogen-bond acceptors (Lipinski definition) is 5. The SMILES string of the molecule is O=C(NN1CCCCC1)c1sccc1NCc1ccnc2ccccc12. The first kappa shape index (κ1) is 17.0. The number of benzene rings is 1. The monoisotopic (exact) mass is 366 g/mol. The van der Waals surface area contributed by atoms with Crippen molar-refractivity contribution in [2.75, 3.05) is 18.4 Å². The average molecular weight is 366 g/mol. The number of carbonyl (C=O) groups excluding carboxylic acids is 1. The number of fused-ring (bicyclic) bond motifs is 1. The highest BCUT2D eigenvalue weighted by molar-refractivity contribution is 7.12. The van der Waals surface area contributed by atoms with Gasteiger partial charge in [-0.25, -0.2) is 5.01 Å². The van der Waals surface area contributed by atoms with E-state index in [0.717, 1.165) is 47.4 Å². The molecule has 0 radical (unpaired) electrons. The summed E-state index contributed by atoms with van der Waals surface area (Å²) in [6.07, 6.45) is 5.37. The Morgan fingerprint density at radius 3 is 2.85 bits per heavy atom. The minimum Gasteiger partial charge on any atom is -0.380 e. The second kappa shape index (κ2) is 7.85. The fraction of sp³-hybridized carbons (Fsp3) is 0.300. The van der Waals surface area contributed by atoms with Crippen LogP contribution in [0, 0.1) is 0 Å². The molecule has 5 nitrogen and oxygen atoms in total. The normalized spacial score (nSPS) is 15.1. The zero-order valence-corrected chi connectivity index (χ0v) is 15.4. The van der Waals surface area contributed by atoms with E-state index >= 15 is 0 Å². The van der Waals surface area contributed by atoms with Crippen LogP contribution in [0.4, 0.5) is 5.69 Å². The van der Waals surface area contributed by atoms with Gasteiger partial charge in [0.05, 0.1) is 11.2 Å².